The van der Waals surface area contributed by atoms with Crippen molar-refractivity contribution in [3.05, 3.63) is 64.9 Å². The fourth-order valence-electron chi connectivity index (χ4n) is 2.77. The maximum atomic E-state index is 14.0. The van der Waals surface area contributed by atoms with Gasteiger partial charge in [-0.2, -0.15) is 18.2 Å². The van der Waals surface area contributed by atoms with Gasteiger partial charge < -0.3 is 0 Å². The van der Waals surface area contributed by atoms with E-state index < -0.39 is 5.82 Å². The van der Waals surface area contributed by atoms with Crippen molar-refractivity contribution in [2.45, 2.75) is 26.2 Å². The molecular weight excluding hydrogens is 368 g/mol. The number of hydrogen-bond acceptors (Lipinski definition) is 0. The zero-order chi connectivity index (χ0) is 14.8. The van der Waals surface area contributed by atoms with E-state index >= 15 is 0 Å². The van der Waals surface area contributed by atoms with E-state index in [2.05, 4.69) is 31.2 Å². The molecule has 2 aromatic rings. The second-order valence-corrected chi connectivity index (χ2v) is 6.08. The Hall–Kier alpha value is 0.205. The van der Waals surface area contributed by atoms with Gasteiger partial charge in [0.15, 0.2) is 0 Å². The second-order valence-electron chi connectivity index (χ2n) is 5.71. The van der Waals surface area contributed by atoms with Crippen LogP contribution in [0.2, 0.25) is 5.02 Å². The molecule has 0 bridgehead atoms. The maximum absolute atomic E-state index is 14.0. The third-order valence-electron chi connectivity index (χ3n) is 4.13. The van der Waals surface area contributed by atoms with Crippen LogP contribution in [-0.4, -0.2) is 0 Å². The summed E-state index contributed by atoms with van der Waals surface area (Å²) >= 11 is 5.79. The first-order valence-electron chi connectivity index (χ1n) is 7.30. The van der Waals surface area contributed by atoms with E-state index in [1.165, 1.54) is 17.6 Å². The molecule has 0 aliphatic heterocycles. The van der Waals surface area contributed by atoms with Crippen molar-refractivity contribution in [1.82, 2.24) is 0 Å². The summed E-state index contributed by atoms with van der Waals surface area (Å²) in [4.78, 5) is 0. The van der Waals surface area contributed by atoms with Crippen molar-refractivity contribution in [3.8, 4) is 11.1 Å². The maximum Gasteiger partial charge on any atom is 1.00 e. The van der Waals surface area contributed by atoms with Gasteiger partial charge in [-0.25, -0.2) is 0 Å². The van der Waals surface area contributed by atoms with Gasteiger partial charge in [0.2, 0.25) is 0 Å². The van der Waals surface area contributed by atoms with Crippen LogP contribution in [0.5, 0.6) is 0 Å². The van der Waals surface area contributed by atoms with Gasteiger partial charge in [0.25, 0.3) is 0 Å². The van der Waals surface area contributed by atoms with Crippen molar-refractivity contribution in [1.29, 1.82) is 0 Å². The average molecular weight is 385 g/mol. The number of benzene rings is 2. The van der Waals surface area contributed by atoms with E-state index in [1.807, 2.05) is 12.1 Å². The molecule has 0 radical (unpaired) electrons. The molecule has 1 atom stereocenters. The first-order valence-corrected chi connectivity index (χ1v) is 7.68. The SMILES string of the molecule is CC1CC=C(c2ccc(-c3cc[c-]c(Cl)c3F)cc2)CC1.[Rb+]. The van der Waals surface area contributed by atoms with Crippen molar-refractivity contribution in [2.75, 3.05) is 0 Å². The van der Waals surface area contributed by atoms with E-state index in [0.717, 1.165) is 24.3 Å². The zero-order valence-electron chi connectivity index (χ0n) is 13.0. The summed E-state index contributed by atoms with van der Waals surface area (Å²) in [5.41, 5.74) is 4.01. The minimum atomic E-state index is -0.405. The molecule has 0 heterocycles. The molecule has 0 fully saturated rings. The molecule has 1 aliphatic carbocycles. The van der Waals surface area contributed by atoms with Crippen LogP contribution in [0.4, 0.5) is 4.39 Å². The molecule has 0 spiro atoms. The third kappa shape index (κ3) is 4.18. The molecule has 3 rings (SSSR count). The van der Waals surface area contributed by atoms with Crippen LogP contribution in [0.15, 0.2) is 42.5 Å². The third-order valence-corrected chi connectivity index (χ3v) is 4.40. The van der Waals surface area contributed by atoms with Crippen molar-refractivity contribution in [3.63, 3.8) is 0 Å². The van der Waals surface area contributed by atoms with Crippen LogP contribution in [0.25, 0.3) is 16.7 Å². The van der Waals surface area contributed by atoms with Crippen LogP contribution in [-0.2, 0) is 0 Å². The molecule has 0 nitrogen and oxygen atoms in total. The average Bonchev–Trinajstić information content (AvgIpc) is 2.51. The first-order chi connectivity index (χ1) is 10.1. The Morgan fingerprint density at radius 1 is 1.14 bits per heavy atom. The standard InChI is InChI=1S/C19H17ClF.Rb/c1-13-5-7-14(8-6-13)15-9-11-16(12-10-15)17-3-2-4-18(20)19(17)21;/h2-3,7,9-13H,5-6,8H2,1H3;/q-1;+1. The summed E-state index contributed by atoms with van der Waals surface area (Å²) in [5.74, 6) is 0.377. The Morgan fingerprint density at radius 2 is 1.82 bits per heavy atom. The van der Waals surface area contributed by atoms with Gasteiger partial charge in [0.05, 0.1) is 0 Å². The number of halogens is 2. The fourth-order valence-corrected chi connectivity index (χ4v) is 2.93. The molecule has 0 N–H and O–H groups in total. The summed E-state index contributed by atoms with van der Waals surface area (Å²) < 4.78 is 14.0. The first kappa shape index (κ1) is 18.5. The van der Waals surface area contributed by atoms with E-state index in [-0.39, 0.29) is 63.2 Å². The predicted molar refractivity (Wildman–Crippen MR) is 86.7 cm³/mol. The fraction of sp³-hybridized carbons (Fsp3) is 0.263. The molecule has 2 aromatic carbocycles. The minimum absolute atomic E-state index is 0. The summed E-state index contributed by atoms with van der Waals surface area (Å²) in [5, 5.41) is 0.0422. The predicted octanol–water partition coefficient (Wildman–Crippen LogP) is 3.15. The van der Waals surface area contributed by atoms with Crippen molar-refractivity contribution >= 4 is 17.2 Å². The van der Waals surface area contributed by atoms with Crippen LogP contribution < -0.4 is 58.2 Å². The van der Waals surface area contributed by atoms with Crippen molar-refractivity contribution in [2.24, 2.45) is 5.92 Å². The van der Waals surface area contributed by atoms with Crippen LogP contribution >= 0.6 is 11.6 Å². The molecule has 22 heavy (non-hydrogen) atoms. The minimum Gasteiger partial charge on any atom is -0.282 e. The van der Waals surface area contributed by atoms with Crippen LogP contribution in [0, 0.1) is 17.8 Å². The number of allylic oxidation sites excluding steroid dienone is 2. The molecule has 3 heteroatoms. The van der Waals surface area contributed by atoms with Gasteiger partial charge in [0.1, 0.15) is 0 Å². The second kappa shape index (κ2) is 8.35. The van der Waals surface area contributed by atoms with Crippen LogP contribution in [0.3, 0.4) is 0 Å². The monoisotopic (exact) mass is 384 g/mol. The van der Waals surface area contributed by atoms with Gasteiger partial charge in [0, 0.05) is 5.82 Å². The molecule has 1 unspecified atom stereocenters. The Balaban J connectivity index is 0.00000176. The normalized spacial score (nSPS) is 17.6. The molecular formula is C19H17ClFRb. The molecule has 0 amide bonds. The van der Waals surface area contributed by atoms with Crippen LogP contribution in [0.1, 0.15) is 31.7 Å². The zero-order valence-corrected chi connectivity index (χ0v) is 18.7. The smallest absolute Gasteiger partial charge is 0.282 e. The quantitative estimate of drug-likeness (QED) is 0.697. The summed E-state index contributed by atoms with van der Waals surface area (Å²) in [6, 6.07) is 14.1. The van der Waals surface area contributed by atoms with E-state index in [1.54, 1.807) is 12.1 Å². The number of rotatable bonds is 2. The van der Waals surface area contributed by atoms with Crippen molar-refractivity contribution < 1.29 is 62.6 Å². The number of hydrogen-bond donors (Lipinski definition) is 0. The van der Waals surface area contributed by atoms with E-state index in [9.17, 15) is 4.39 Å². The van der Waals surface area contributed by atoms with Gasteiger partial charge in [-0.3, -0.25) is 4.39 Å². The summed E-state index contributed by atoms with van der Waals surface area (Å²) in [7, 11) is 0. The van der Waals surface area contributed by atoms with Gasteiger partial charge in [-0.1, -0.05) is 42.8 Å². The largest absolute Gasteiger partial charge is 1.00 e. The Kier molecular flexibility index (Phi) is 7.03. The van der Waals surface area contributed by atoms with Gasteiger partial charge in [-0.05, 0) is 46.9 Å². The molecule has 0 saturated heterocycles. The Bertz CT molecular complexity index is 676. The molecule has 108 valence electrons. The van der Waals surface area contributed by atoms with E-state index in [0.29, 0.717) is 5.56 Å². The molecule has 0 aromatic heterocycles. The van der Waals surface area contributed by atoms with Gasteiger partial charge >= 0.3 is 58.2 Å². The van der Waals surface area contributed by atoms with E-state index in [4.69, 9.17) is 11.6 Å². The Morgan fingerprint density at radius 3 is 2.45 bits per heavy atom. The molecule has 1 aliphatic rings. The summed E-state index contributed by atoms with van der Waals surface area (Å²) in [6.45, 7) is 2.29. The topological polar surface area (TPSA) is 0 Å². The molecule has 0 saturated carbocycles. The Labute approximate surface area is 185 Å². The van der Waals surface area contributed by atoms with Gasteiger partial charge in [-0.15, -0.1) is 11.6 Å². The summed E-state index contributed by atoms with van der Waals surface area (Å²) in [6.07, 6.45) is 5.85.